The van der Waals surface area contributed by atoms with Crippen LogP contribution < -0.4 is 4.74 Å². The van der Waals surface area contributed by atoms with E-state index in [-0.39, 0.29) is 5.75 Å². The van der Waals surface area contributed by atoms with Crippen molar-refractivity contribution in [2.24, 2.45) is 0 Å². The third-order valence-electron chi connectivity index (χ3n) is 1.43. The van der Waals surface area contributed by atoms with Crippen LogP contribution in [0.2, 0.25) is 0 Å². The number of pyridine rings is 1. The van der Waals surface area contributed by atoms with Gasteiger partial charge >= 0.3 is 0 Å². The fraction of sp³-hybridized carbons (Fsp3) is 0.286. The molecule has 0 aromatic carbocycles. The maximum absolute atomic E-state index is 12.4. The van der Waals surface area contributed by atoms with Gasteiger partial charge in [0.05, 0.1) is 13.3 Å². The van der Waals surface area contributed by atoms with E-state index in [1.54, 1.807) is 22.6 Å². The molecule has 72 valence electrons. The van der Waals surface area contributed by atoms with E-state index in [2.05, 4.69) is 4.98 Å². The molecule has 1 N–H and O–H groups in total. The maximum atomic E-state index is 12.4. The maximum Gasteiger partial charge on any atom is 0.271 e. The number of ether oxygens (including phenoxy) is 1. The van der Waals surface area contributed by atoms with Crippen LogP contribution in [0.3, 0.4) is 0 Å². The smallest absolute Gasteiger partial charge is 0.271 e. The van der Waals surface area contributed by atoms with E-state index >= 15 is 0 Å². The molecule has 0 radical (unpaired) electrons. The first kappa shape index (κ1) is 10.4. The highest BCUT2D eigenvalue weighted by atomic mass is 127. The fourth-order valence-electron chi connectivity index (χ4n) is 0.878. The monoisotopic (exact) mass is 301 g/mol. The fourth-order valence-corrected chi connectivity index (χ4v) is 1.53. The number of methoxy groups -OCH3 is 1. The zero-order chi connectivity index (χ0) is 10.0. The van der Waals surface area contributed by atoms with E-state index in [0.717, 1.165) is 6.20 Å². The Hall–Kier alpha value is -0.660. The predicted octanol–water partition coefficient (Wildman–Crippen LogP) is 2.34. The number of hydrogen-bond acceptors (Lipinski definition) is 3. The summed E-state index contributed by atoms with van der Waals surface area (Å²) in [6.45, 7) is 0. The summed E-state index contributed by atoms with van der Waals surface area (Å²) in [6.07, 6.45) is -1.79. The predicted molar refractivity (Wildman–Crippen MR) is 50.1 cm³/mol. The number of nitrogens with zero attached hydrogens (tertiary/aromatic N) is 1. The molecule has 0 aliphatic heterocycles. The molecule has 1 heterocycles. The van der Waals surface area contributed by atoms with Gasteiger partial charge in [-0.25, -0.2) is 13.8 Å². The zero-order valence-corrected chi connectivity index (χ0v) is 8.75. The first-order valence-electron chi connectivity index (χ1n) is 3.27. The molecule has 0 saturated heterocycles. The Labute approximate surface area is 86.9 Å². The van der Waals surface area contributed by atoms with Crippen LogP contribution in [0.5, 0.6) is 11.5 Å². The van der Waals surface area contributed by atoms with Crippen LogP contribution >= 0.6 is 22.6 Å². The van der Waals surface area contributed by atoms with Gasteiger partial charge in [0.1, 0.15) is 15.0 Å². The van der Waals surface area contributed by atoms with Gasteiger partial charge in [0.25, 0.3) is 6.43 Å². The first-order chi connectivity index (χ1) is 6.07. The van der Waals surface area contributed by atoms with E-state index in [1.807, 2.05) is 0 Å². The first-order valence-corrected chi connectivity index (χ1v) is 4.35. The largest absolute Gasteiger partial charge is 0.506 e. The van der Waals surface area contributed by atoms with Gasteiger partial charge in [-0.2, -0.15) is 0 Å². The highest BCUT2D eigenvalue weighted by molar-refractivity contribution is 14.1. The topological polar surface area (TPSA) is 42.4 Å². The van der Waals surface area contributed by atoms with Gasteiger partial charge in [-0.15, -0.1) is 0 Å². The van der Waals surface area contributed by atoms with Crippen molar-refractivity contribution < 1.29 is 18.6 Å². The summed E-state index contributed by atoms with van der Waals surface area (Å²) in [5.41, 5.74) is -0.512. The van der Waals surface area contributed by atoms with Crippen molar-refractivity contribution in [2.45, 2.75) is 6.43 Å². The molecule has 0 bridgehead atoms. The molecule has 0 aliphatic rings. The molecule has 0 amide bonds. The molecule has 0 atom stereocenters. The van der Waals surface area contributed by atoms with Gasteiger partial charge in [-0.1, -0.05) is 0 Å². The van der Waals surface area contributed by atoms with Crippen molar-refractivity contribution in [3.05, 3.63) is 15.5 Å². The Balaban J connectivity index is 3.35. The molecule has 3 nitrogen and oxygen atoms in total. The lowest BCUT2D eigenvalue weighted by Gasteiger charge is -2.09. The van der Waals surface area contributed by atoms with Gasteiger partial charge in [0.2, 0.25) is 0 Å². The zero-order valence-electron chi connectivity index (χ0n) is 6.59. The molecule has 6 heteroatoms. The minimum absolute atomic E-state index is 0.0735. The molecule has 0 fully saturated rings. The number of alkyl halides is 2. The Morgan fingerprint density at radius 2 is 2.23 bits per heavy atom. The Bertz CT molecular complexity index is 320. The van der Waals surface area contributed by atoms with Crippen LogP contribution in [0.25, 0.3) is 0 Å². The van der Waals surface area contributed by atoms with E-state index in [1.165, 1.54) is 7.11 Å². The molecule has 1 aromatic rings. The Kier molecular flexibility index (Phi) is 3.23. The summed E-state index contributed by atoms with van der Waals surface area (Å²) in [4.78, 5) is 3.67. The van der Waals surface area contributed by atoms with E-state index in [9.17, 15) is 8.78 Å². The lowest BCUT2D eigenvalue weighted by Crippen LogP contribution is -1.97. The minimum Gasteiger partial charge on any atom is -0.506 e. The number of halogens is 3. The standard InChI is InChI=1S/C7H6F2INO2/c1-13-5-4(6(8)9)3(12)2-11-7(5)10/h2,6,12H,1H3. The highest BCUT2D eigenvalue weighted by Gasteiger charge is 2.21. The molecule has 13 heavy (non-hydrogen) atoms. The second kappa shape index (κ2) is 4.03. The van der Waals surface area contributed by atoms with Crippen molar-refractivity contribution >= 4 is 22.6 Å². The number of aromatic hydroxyl groups is 1. The van der Waals surface area contributed by atoms with Crippen molar-refractivity contribution in [3.63, 3.8) is 0 Å². The van der Waals surface area contributed by atoms with Crippen LogP contribution in [-0.2, 0) is 0 Å². The van der Waals surface area contributed by atoms with Crippen molar-refractivity contribution in [1.29, 1.82) is 0 Å². The Morgan fingerprint density at radius 3 is 2.62 bits per heavy atom. The van der Waals surface area contributed by atoms with Crippen LogP contribution in [0.4, 0.5) is 8.78 Å². The van der Waals surface area contributed by atoms with Crippen LogP contribution in [-0.4, -0.2) is 17.2 Å². The molecule has 0 aliphatic carbocycles. The van der Waals surface area contributed by atoms with Crippen LogP contribution in [0.15, 0.2) is 6.20 Å². The summed E-state index contributed by atoms with van der Waals surface area (Å²) >= 11 is 1.76. The van der Waals surface area contributed by atoms with Crippen molar-refractivity contribution in [1.82, 2.24) is 4.98 Å². The SMILES string of the molecule is COc1c(I)ncc(O)c1C(F)F. The number of hydrogen-bond donors (Lipinski definition) is 1. The van der Waals surface area contributed by atoms with Crippen LogP contribution in [0, 0.1) is 3.70 Å². The van der Waals surface area contributed by atoms with Crippen molar-refractivity contribution in [3.8, 4) is 11.5 Å². The highest BCUT2D eigenvalue weighted by Crippen LogP contribution is 2.37. The average Bonchev–Trinajstić information content (AvgIpc) is 2.07. The lowest BCUT2D eigenvalue weighted by molar-refractivity contribution is 0.142. The third kappa shape index (κ3) is 1.98. The van der Waals surface area contributed by atoms with E-state index in [4.69, 9.17) is 9.84 Å². The molecule has 0 saturated carbocycles. The van der Waals surface area contributed by atoms with E-state index < -0.39 is 17.7 Å². The molecular formula is C7H6F2INO2. The van der Waals surface area contributed by atoms with E-state index in [0.29, 0.717) is 3.70 Å². The molecule has 1 rings (SSSR count). The summed E-state index contributed by atoms with van der Waals surface area (Å²) in [6, 6.07) is 0. The van der Waals surface area contributed by atoms with Gasteiger partial charge in [-0.3, -0.25) is 0 Å². The van der Waals surface area contributed by atoms with Gasteiger partial charge in [0, 0.05) is 0 Å². The van der Waals surface area contributed by atoms with Gasteiger partial charge in [0.15, 0.2) is 5.75 Å². The third-order valence-corrected chi connectivity index (χ3v) is 2.20. The molecule has 0 unspecified atom stereocenters. The van der Waals surface area contributed by atoms with Crippen molar-refractivity contribution in [2.75, 3.05) is 7.11 Å². The lowest BCUT2D eigenvalue weighted by atomic mass is 10.2. The number of aromatic nitrogens is 1. The van der Waals surface area contributed by atoms with Crippen LogP contribution in [0.1, 0.15) is 12.0 Å². The molecular weight excluding hydrogens is 295 g/mol. The quantitative estimate of drug-likeness (QED) is 0.673. The molecule has 0 spiro atoms. The Morgan fingerprint density at radius 1 is 1.62 bits per heavy atom. The average molecular weight is 301 g/mol. The summed E-state index contributed by atoms with van der Waals surface area (Å²) in [5.74, 6) is -0.622. The van der Waals surface area contributed by atoms with Gasteiger partial charge in [-0.05, 0) is 22.6 Å². The normalized spacial score (nSPS) is 10.5. The number of rotatable bonds is 2. The second-order valence-electron chi connectivity index (χ2n) is 2.18. The summed E-state index contributed by atoms with van der Waals surface area (Å²) in [7, 11) is 1.25. The minimum atomic E-state index is -2.77. The molecule has 1 aromatic heterocycles. The summed E-state index contributed by atoms with van der Waals surface area (Å²) < 4.78 is 29.8. The van der Waals surface area contributed by atoms with Gasteiger partial charge < -0.3 is 9.84 Å². The summed E-state index contributed by atoms with van der Waals surface area (Å²) in [5, 5.41) is 9.09. The second-order valence-corrected chi connectivity index (χ2v) is 3.20.